The Hall–Kier alpha value is -3.97. The molecule has 0 radical (unpaired) electrons. The summed E-state index contributed by atoms with van der Waals surface area (Å²) in [6.07, 6.45) is 0.162. The number of halogens is 1. The SMILES string of the molecule is O=C1CC(c2cccc([N+](=O)[O-])c2)c2c(-c3ccc(Cl)cc3)nn(-c3ccccc3)c2N1. The number of nitrogens with one attached hydrogen (secondary N) is 1. The van der Waals surface area contributed by atoms with Crippen molar-refractivity contribution in [1.82, 2.24) is 9.78 Å². The highest BCUT2D eigenvalue weighted by molar-refractivity contribution is 6.30. The van der Waals surface area contributed by atoms with Gasteiger partial charge >= 0.3 is 0 Å². The summed E-state index contributed by atoms with van der Waals surface area (Å²) < 4.78 is 1.71. The summed E-state index contributed by atoms with van der Waals surface area (Å²) in [7, 11) is 0. The van der Waals surface area contributed by atoms with E-state index in [2.05, 4.69) is 5.32 Å². The molecule has 1 aromatic heterocycles. The lowest BCUT2D eigenvalue weighted by Crippen LogP contribution is -2.24. The number of carbonyl (C=O) groups is 1. The first-order valence-corrected chi connectivity index (χ1v) is 10.4. The van der Waals surface area contributed by atoms with Gasteiger partial charge in [-0.05, 0) is 29.8 Å². The summed E-state index contributed by atoms with van der Waals surface area (Å²) in [5, 5.41) is 19.8. The molecule has 1 amide bonds. The number of anilines is 1. The molecule has 0 saturated carbocycles. The Morgan fingerprint density at radius 1 is 1.03 bits per heavy atom. The standard InChI is InChI=1S/C24H17ClN4O3/c25-17-11-9-15(10-12-17)23-22-20(16-5-4-8-19(13-16)29(31)32)14-21(30)26-24(22)28(27-23)18-6-2-1-3-7-18/h1-13,20H,14H2,(H,26,30). The van der Waals surface area contributed by atoms with E-state index in [4.69, 9.17) is 16.7 Å². The number of aromatic nitrogens is 2. The molecule has 7 nitrogen and oxygen atoms in total. The number of benzene rings is 3. The number of para-hydroxylation sites is 1. The number of hydrogen-bond donors (Lipinski definition) is 1. The van der Waals surface area contributed by atoms with Crippen molar-refractivity contribution in [3.63, 3.8) is 0 Å². The van der Waals surface area contributed by atoms with Crippen molar-refractivity contribution in [1.29, 1.82) is 0 Å². The van der Waals surface area contributed by atoms with Crippen LogP contribution in [0.3, 0.4) is 0 Å². The maximum atomic E-state index is 12.7. The van der Waals surface area contributed by atoms with Crippen LogP contribution in [0.4, 0.5) is 11.5 Å². The van der Waals surface area contributed by atoms with Crippen LogP contribution in [-0.2, 0) is 4.79 Å². The largest absolute Gasteiger partial charge is 0.310 e. The number of fused-ring (bicyclic) bond motifs is 1. The van der Waals surface area contributed by atoms with Crippen LogP contribution in [0, 0.1) is 10.1 Å². The Morgan fingerprint density at radius 3 is 2.50 bits per heavy atom. The molecule has 0 spiro atoms. The molecule has 3 aromatic carbocycles. The van der Waals surface area contributed by atoms with Crippen molar-refractivity contribution < 1.29 is 9.72 Å². The van der Waals surface area contributed by atoms with Gasteiger partial charge < -0.3 is 5.32 Å². The summed E-state index contributed by atoms with van der Waals surface area (Å²) in [5.74, 6) is 0.00411. The number of amides is 1. The van der Waals surface area contributed by atoms with E-state index in [0.717, 1.165) is 16.8 Å². The second kappa shape index (κ2) is 7.94. The zero-order valence-electron chi connectivity index (χ0n) is 16.7. The highest BCUT2D eigenvalue weighted by atomic mass is 35.5. The molecule has 1 atom stereocenters. The molecule has 1 aliphatic heterocycles. The van der Waals surface area contributed by atoms with E-state index in [1.807, 2.05) is 48.5 Å². The predicted octanol–water partition coefficient (Wildman–Crippen LogP) is 5.58. The molecular formula is C24H17ClN4O3. The van der Waals surface area contributed by atoms with Gasteiger partial charge in [0.1, 0.15) is 5.82 Å². The van der Waals surface area contributed by atoms with Gasteiger partial charge in [-0.2, -0.15) is 5.10 Å². The molecule has 2 heterocycles. The molecule has 0 aliphatic carbocycles. The molecule has 0 bridgehead atoms. The Kier molecular flexibility index (Phi) is 4.95. The van der Waals surface area contributed by atoms with E-state index in [-0.39, 0.29) is 23.9 Å². The Balaban J connectivity index is 1.76. The number of rotatable bonds is 4. The highest BCUT2D eigenvalue weighted by Gasteiger charge is 2.34. The van der Waals surface area contributed by atoms with Crippen molar-refractivity contribution in [3.8, 4) is 16.9 Å². The van der Waals surface area contributed by atoms with Gasteiger partial charge in [0.2, 0.25) is 5.91 Å². The lowest BCUT2D eigenvalue weighted by atomic mass is 9.84. The summed E-state index contributed by atoms with van der Waals surface area (Å²) in [6, 6.07) is 23.3. The van der Waals surface area contributed by atoms with Gasteiger partial charge in [-0.1, -0.05) is 54.1 Å². The van der Waals surface area contributed by atoms with E-state index < -0.39 is 4.92 Å². The minimum atomic E-state index is -0.430. The zero-order chi connectivity index (χ0) is 22.2. The second-order valence-corrected chi connectivity index (χ2v) is 7.96. The molecule has 1 unspecified atom stereocenters. The van der Waals surface area contributed by atoms with Gasteiger partial charge in [0.15, 0.2) is 0 Å². The molecule has 8 heteroatoms. The Labute approximate surface area is 188 Å². The molecule has 0 fully saturated rings. The highest BCUT2D eigenvalue weighted by Crippen LogP contribution is 2.44. The maximum absolute atomic E-state index is 12.7. The third kappa shape index (κ3) is 3.52. The number of carbonyl (C=O) groups excluding carboxylic acids is 1. The van der Waals surface area contributed by atoms with E-state index in [1.54, 1.807) is 22.9 Å². The maximum Gasteiger partial charge on any atom is 0.269 e. The van der Waals surface area contributed by atoms with Gasteiger partial charge in [0, 0.05) is 40.6 Å². The number of hydrogen-bond acceptors (Lipinski definition) is 4. The molecule has 32 heavy (non-hydrogen) atoms. The number of non-ortho nitro benzene ring substituents is 1. The van der Waals surface area contributed by atoms with Crippen molar-refractivity contribution in [3.05, 3.63) is 105 Å². The van der Waals surface area contributed by atoms with Crippen LogP contribution < -0.4 is 5.32 Å². The van der Waals surface area contributed by atoms with Crippen LogP contribution in [0.1, 0.15) is 23.5 Å². The van der Waals surface area contributed by atoms with Crippen molar-refractivity contribution >= 4 is 29.0 Å². The van der Waals surface area contributed by atoms with Crippen molar-refractivity contribution in [2.24, 2.45) is 0 Å². The summed E-state index contributed by atoms with van der Waals surface area (Å²) >= 11 is 6.09. The molecular weight excluding hydrogens is 428 g/mol. The van der Waals surface area contributed by atoms with E-state index in [9.17, 15) is 14.9 Å². The minimum absolute atomic E-state index is 0.0153. The Bertz CT molecular complexity index is 1330. The van der Waals surface area contributed by atoms with Crippen LogP contribution in [-0.4, -0.2) is 20.6 Å². The van der Waals surface area contributed by atoms with Crippen LogP contribution in [0.2, 0.25) is 5.02 Å². The second-order valence-electron chi connectivity index (χ2n) is 7.52. The van der Waals surface area contributed by atoms with Gasteiger partial charge in [-0.15, -0.1) is 0 Å². The van der Waals surface area contributed by atoms with Gasteiger partial charge in [0.25, 0.3) is 5.69 Å². The third-order valence-corrected chi connectivity index (χ3v) is 5.77. The predicted molar refractivity (Wildman–Crippen MR) is 122 cm³/mol. The first-order valence-electron chi connectivity index (χ1n) is 10.00. The third-order valence-electron chi connectivity index (χ3n) is 5.52. The Morgan fingerprint density at radius 2 is 1.78 bits per heavy atom. The first kappa shape index (κ1) is 20.0. The summed E-state index contributed by atoms with van der Waals surface area (Å²) in [5.41, 5.74) is 3.82. The van der Waals surface area contributed by atoms with Crippen LogP contribution >= 0.6 is 11.6 Å². The average Bonchev–Trinajstić information content (AvgIpc) is 3.19. The van der Waals surface area contributed by atoms with Gasteiger partial charge in [-0.3, -0.25) is 14.9 Å². The smallest absolute Gasteiger partial charge is 0.269 e. The molecule has 0 saturated heterocycles. The first-order chi connectivity index (χ1) is 15.5. The quantitative estimate of drug-likeness (QED) is 0.329. The lowest BCUT2D eigenvalue weighted by Gasteiger charge is -2.24. The molecule has 4 aromatic rings. The van der Waals surface area contributed by atoms with Crippen molar-refractivity contribution in [2.75, 3.05) is 5.32 Å². The molecule has 1 N–H and O–H groups in total. The van der Waals surface area contributed by atoms with E-state index >= 15 is 0 Å². The summed E-state index contributed by atoms with van der Waals surface area (Å²) in [4.78, 5) is 23.6. The molecule has 158 valence electrons. The fourth-order valence-corrected chi connectivity index (χ4v) is 4.19. The van der Waals surface area contributed by atoms with E-state index in [0.29, 0.717) is 22.1 Å². The lowest BCUT2D eigenvalue weighted by molar-refractivity contribution is -0.384. The van der Waals surface area contributed by atoms with Crippen molar-refractivity contribution in [2.45, 2.75) is 12.3 Å². The van der Waals surface area contributed by atoms with E-state index in [1.165, 1.54) is 12.1 Å². The van der Waals surface area contributed by atoms with Crippen LogP contribution in [0.25, 0.3) is 16.9 Å². The molecule has 1 aliphatic rings. The monoisotopic (exact) mass is 444 g/mol. The van der Waals surface area contributed by atoms with Crippen LogP contribution in [0.15, 0.2) is 78.9 Å². The fraction of sp³-hybridized carbons (Fsp3) is 0.0833. The minimum Gasteiger partial charge on any atom is -0.310 e. The average molecular weight is 445 g/mol. The fourth-order valence-electron chi connectivity index (χ4n) is 4.07. The van der Waals surface area contributed by atoms with Crippen LogP contribution in [0.5, 0.6) is 0 Å². The molecule has 5 rings (SSSR count). The summed E-state index contributed by atoms with van der Waals surface area (Å²) in [6.45, 7) is 0. The topological polar surface area (TPSA) is 90.1 Å². The van der Waals surface area contributed by atoms with Gasteiger partial charge in [0.05, 0.1) is 16.3 Å². The normalized spacial score (nSPS) is 15.2. The number of nitrogens with zero attached hydrogens (tertiary/aromatic N) is 3. The zero-order valence-corrected chi connectivity index (χ0v) is 17.5. The number of nitro groups is 1. The van der Waals surface area contributed by atoms with Gasteiger partial charge in [-0.25, -0.2) is 4.68 Å². The number of nitro benzene ring substituents is 1.